The van der Waals surface area contributed by atoms with Crippen LogP contribution in [0.3, 0.4) is 0 Å². The lowest BCUT2D eigenvalue weighted by Crippen LogP contribution is -2.04. The van der Waals surface area contributed by atoms with Gasteiger partial charge in [-0.3, -0.25) is 0 Å². The van der Waals surface area contributed by atoms with Crippen LogP contribution in [0.4, 0.5) is 0 Å². The van der Waals surface area contributed by atoms with Crippen LogP contribution in [-0.4, -0.2) is 24.1 Å². The largest absolute Gasteiger partial charge is 0.309 e. The average molecular weight is 799 g/mol. The molecule has 0 saturated heterocycles. The Bertz CT molecular complexity index is 4020. The van der Waals surface area contributed by atoms with Gasteiger partial charge in [-0.05, 0) is 70.7 Å². The van der Waals surface area contributed by atoms with E-state index in [1.54, 1.807) is 28.8 Å². The summed E-state index contributed by atoms with van der Waals surface area (Å²) in [7, 11) is 0. The molecule has 0 spiro atoms. The molecular weight excluding hydrogens is 755 g/mol. The standard InChI is InChI=1S/C57H37N5/c1-4-16-38(17-5-1)40-28-30-42(31-29-40)56-58-55(41-20-8-3-9-21-41)59-57(60-56)48-24-12-15-27-52(48)62-51-26-14-10-22-45(51)47-34-33-44(37-54(47)62)61-50-25-13-11-23-46(50)49-36-43(32-35-53(49)61)39-18-6-2-7-19-39/h1-37H/i11D,13D,23D,25D,32D,35D,36D. The highest BCUT2D eigenvalue weighted by Gasteiger charge is 2.21. The second kappa shape index (κ2) is 14.7. The van der Waals surface area contributed by atoms with Crippen molar-refractivity contribution in [2.75, 3.05) is 0 Å². The minimum Gasteiger partial charge on any atom is -0.309 e. The van der Waals surface area contributed by atoms with Crippen molar-refractivity contribution in [3.8, 4) is 67.8 Å². The Morgan fingerprint density at radius 1 is 0.339 bits per heavy atom. The van der Waals surface area contributed by atoms with Crippen molar-refractivity contribution in [2.45, 2.75) is 0 Å². The number of rotatable bonds is 7. The summed E-state index contributed by atoms with van der Waals surface area (Å²) in [5, 5.41) is 2.17. The summed E-state index contributed by atoms with van der Waals surface area (Å²) in [6.45, 7) is 0. The molecule has 3 aromatic heterocycles. The second-order valence-electron chi connectivity index (χ2n) is 15.1. The second-order valence-corrected chi connectivity index (χ2v) is 15.1. The predicted molar refractivity (Wildman–Crippen MR) is 256 cm³/mol. The van der Waals surface area contributed by atoms with Gasteiger partial charge in [0.25, 0.3) is 0 Å². The minimum absolute atomic E-state index is 0.0890. The third-order valence-corrected chi connectivity index (χ3v) is 11.4. The van der Waals surface area contributed by atoms with Gasteiger partial charge in [0.05, 0.1) is 37.3 Å². The molecule has 62 heavy (non-hydrogen) atoms. The fourth-order valence-corrected chi connectivity index (χ4v) is 8.52. The van der Waals surface area contributed by atoms with Gasteiger partial charge in [-0.25, -0.2) is 15.0 Å². The Hall–Kier alpha value is -8.41. The van der Waals surface area contributed by atoms with E-state index in [9.17, 15) is 6.85 Å². The summed E-state index contributed by atoms with van der Waals surface area (Å²) in [5.41, 5.74) is 8.55. The Morgan fingerprint density at radius 3 is 1.65 bits per heavy atom. The van der Waals surface area contributed by atoms with Gasteiger partial charge in [0.2, 0.25) is 0 Å². The summed E-state index contributed by atoms with van der Waals surface area (Å²) in [6, 6.07) is 57.1. The van der Waals surface area contributed by atoms with E-state index < -0.39 is 12.1 Å². The van der Waals surface area contributed by atoms with E-state index in [0.29, 0.717) is 28.7 Å². The minimum atomic E-state index is -0.443. The molecule has 0 unspecified atom stereocenters. The first-order valence-corrected chi connectivity index (χ1v) is 20.4. The van der Waals surface area contributed by atoms with Crippen molar-refractivity contribution in [2.24, 2.45) is 0 Å². The third-order valence-electron chi connectivity index (χ3n) is 11.4. The molecule has 9 aromatic carbocycles. The molecule has 0 amide bonds. The maximum atomic E-state index is 9.62. The van der Waals surface area contributed by atoms with Crippen LogP contribution < -0.4 is 0 Å². The van der Waals surface area contributed by atoms with E-state index in [0.717, 1.165) is 55.3 Å². The zero-order valence-corrected chi connectivity index (χ0v) is 33.1. The molecule has 0 radical (unpaired) electrons. The SMILES string of the molecule is [2H]c1c([2H])c([2H])c2c(c1[2H])c1c([2H])c(-c3ccccc3)c([2H])c([2H])c1n2-c1ccc2c3ccccc3n(-c3ccccc3-c3nc(-c4ccccc4)nc(-c4ccc(-c5ccccc5)cc4)n3)c2c1. The van der Waals surface area contributed by atoms with Crippen LogP contribution in [0.2, 0.25) is 0 Å². The normalized spacial score (nSPS) is 13.1. The Morgan fingerprint density at radius 2 is 0.887 bits per heavy atom. The molecule has 0 saturated carbocycles. The smallest absolute Gasteiger partial charge is 0.166 e. The topological polar surface area (TPSA) is 48.5 Å². The van der Waals surface area contributed by atoms with Gasteiger partial charge < -0.3 is 9.13 Å². The highest BCUT2D eigenvalue weighted by atomic mass is 15.1. The van der Waals surface area contributed by atoms with E-state index in [4.69, 9.17) is 17.7 Å². The van der Waals surface area contributed by atoms with Gasteiger partial charge in [0.1, 0.15) is 0 Å². The van der Waals surface area contributed by atoms with Crippen molar-refractivity contribution in [1.29, 1.82) is 0 Å². The van der Waals surface area contributed by atoms with Crippen molar-refractivity contribution in [3.63, 3.8) is 0 Å². The first-order chi connectivity index (χ1) is 33.7. The first kappa shape index (κ1) is 28.9. The van der Waals surface area contributed by atoms with Crippen LogP contribution in [0.25, 0.3) is 111 Å². The van der Waals surface area contributed by atoms with Crippen molar-refractivity contribution in [3.05, 3.63) is 224 Å². The van der Waals surface area contributed by atoms with Crippen LogP contribution >= 0.6 is 0 Å². The van der Waals surface area contributed by atoms with Gasteiger partial charge in [0.15, 0.2) is 17.5 Å². The van der Waals surface area contributed by atoms with Crippen LogP contribution in [0, 0.1) is 0 Å². The Labute approximate surface area is 368 Å². The molecule has 0 N–H and O–H groups in total. The molecule has 12 aromatic rings. The zero-order valence-electron chi connectivity index (χ0n) is 40.1. The van der Waals surface area contributed by atoms with Gasteiger partial charge in [-0.1, -0.05) is 176 Å². The fraction of sp³-hybridized carbons (Fsp3) is 0. The molecule has 0 aliphatic rings. The van der Waals surface area contributed by atoms with Gasteiger partial charge >= 0.3 is 0 Å². The maximum Gasteiger partial charge on any atom is 0.166 e. The number of aromatic nitrogens is 5. The molecule has 0 fully saturated rings. The van der Waals surface area contributed by atoms with E-state index in [1.807, 2.05) is 121 Å². The predicted octanol–water partition coefficient (Wildman–Crippen LogP) is 14.4. The molecule has 0 aliphatic heterocycles. The summed E-state index contributed by atoms with van der Waals surface area (Å²) in [6.07, 6.45) is 0. The fourth-order valence-electron chi connectivity index (χ4n) is 8.52. The number of nitrogens with zero attached hydrogens (tertiary/aromatic N) is 5. The molecule has 5 heteroatoms. The number of hydrogen-bond donors (Lipinski definition) is 0. The quantitative estimate of drug-likeness (QED) is 0.161. The monoisotopic (exact) mass is 798 g/mol. The Kier molecular flexibility index (Phi) is 6.86. The third kappa shape index (κ3) is 5.98. The van der Waals surface area contributed by atoms with Crippen molar-refractivity contribution < 1.29 is 9.60 Å². The number of benzene rings is 9. The molecule has 3 heterocycles. The van der Waals surface area contributed by atoms with Crippen LogP contribution in [0.15, 0.2) is 224 Å². The summed E-state index contributed by atoms with van der Waals surface area (Å²) < 4.78 is 68.3. The van der Waals surface area contributed by atoms with E-state index >= 15 is 0 Å². The molecule has 0 bridgehead atoms. The van der Waals surface area contributed by atoms with Crippen molar-refractivity contribution >= 4 is 43.6 Å². The van der Waals surface area contributed by atoms with E-state index in [-0.39, 0.29) is 57.6 Å². The van der Waals surface area contributed by atoms with Gasteiger partial charge in [0, 0.05) is 43.9 Å². The lowest BCUT2D eigenvalue weighted by atomic mass is 10.0. The summed E-state index contributed by atoms with van der Waals surface area (Å²) in [4.78, 5) is 15.3. The number of hydrogen-bond acceptors (Lipinski definition) is 3. The average Bonchev–Trinajstić information content (AvgIpc) is 3.94. The van der Waals surface area contributed by atoms with Crippen LogP contribution in [0.5, 0.6) is 0 Å². The Balaban J connectivity index is 1.11. The lowest BCUT2D eigenvalue weighted by molar-refractivity contribution is 1.06. The van der Waals surface area contributed by atoms with E-state index in [1.165, 1.54) is 0 Å². The van der Waals surface area contributed by atoms with Crippen LogP contribution in [-0.2, 0) is 0 Å². The highest BCUT2D eigenvalue weighted by molar-refractivity contribution is 6.13. The maximum absolute atomic E-state index is 9.62. The molecule has 0 atom stereocenters. The lowest BCUT2D eigenvalue weighted by Gasteiger charge is -2.15. The molecular formula is C57H37N5. The van der Waals surface area contributed by atoms with Crippen LogP contribution in [0.1, 0.15) is 9.60 Å². The van der Waals surface area contributed by atoms with Gasteiger partial charge in [-0.15, -0.1) is 0 Å². The number of fused-ring (bicyclic) bond motifs is 6. The number of para-hydroxylation sites is 3. The highest BCUT2D eigenvalue weighted by Crippen LogP contribution is 2.40. The van der Waals surface area contributed by atoms with Crippen molar-refractivity contribution in [1.82, 2.24) is 24.1 Å². The molecule has 0 aliphatic carbocycles. The molecule has 5 nitrogen and oxygen atoms in total. The van der Waals surface area contributed by atoms with E-state index in [2.05, 4.69) is 41.0 Å². The molecule has 290 valence electrons. The zero-order chi connectivity index (χ0) is 47.1. The summed E-state index contributed by atoms with van der Waals surface area (Å²) >= 11 is 0. The first-order valence-electron chi connectivity index (χ1n) is 23.9. The summed E-state index contributed by atoms with van der Waals surface area (Å²) in [5.74, 6) is 1.49. The molecule has 12 rings (SSSR count). The van der Waals surface area contributed by atoms with Gasteiger partial charge in [-0.2, -0.15) is 0 Å².